The van der Waals surface area contributed by atoms with Crippen molar-refractivity contribution in [2.75, 3.05) is 0 Å². The van der Waals surface area contributed by atoms with Gasteiger partial charge in [0.15, 0.2) is 0 Å². The average molecular weight is 481 g/mol. The molecule has 16 nitrogen and oxygen atoms in total. The second kappa shape index (κ2) is 14.5. The van der Waals surface area contributed by atoms with Crippen LogP contribution in [0.1, 0.15) is 0 Å². The van der Waals surface area contributed by atoms with E-state index < -0.39 is 40.8 Å². The van der Waals surface area contributed by atoms with Crippen LogP contribution in [0.4, 0.5) is 0 Å². The molecule has 20 heavy (non-hydrogen) atoms. The van der Waals surface area contributed by atoms with E-state index in [-0.39, 0.29) is 23.2 Å². The van der Waals surface area contributed by atoms with Gasteiger partial charge < -0.3 is 6.15 Å². The maximum absolute atomic E-state index is 9.05. The quantitative estimate of drug-likeness (QED) is 0.169. The van der Waals surface area contributed by atoms with Crippen molar-refractivity contribution >= 4 is 0 Å². The molecule has 0 aliphatic carbocycles. The maximum atomic E-state index is 9.05. The average Bonchev–Trinajstić information content (AvgIpc) is 2.16. The molecule has 0 unspecified atom stereocenters. The van der Waals surface area contributed by atoms with E-state index in [1.54, 1.807) is 0 Å². The summed E-state index contributed by atoms with van der Waals surface area (Å²) in [5.74, 6) is 0. The number of quaternary nitrogens is 1. The topological polar surface area (TPSA) is 296 Å². The second-order valence-corrected chi connectivity index (χ2v) is 5.97. The summed E-state index contributed by atoms with van der Waals surface area (Å²) in [6.07, 6.45) is 0. The third-order valence-electron chi connectivity index (χ3n) is 0.274. The molecule has 20 heteroatoms. The molecule has 0 aromatic rings. The fourth-order valence-corrected chi connectivity index (χ4v) is 0. The van der Waals surface area contributed by atoms with Gasteiger partial charge >= 0.3 is 121 Å². The summed E-state index contributed by atoms with van der Waals surface area (Å²) in [4.78, 5) is 0. The minimum atomic E-state index is -5.47. The van der Waals surface area contributed by atoms with Gasteiger partial charge in [0, 0.05) is 0 Å². The first-order valence-corrected chi connectivity index (χ1v) is 8.79. The van der Waals surface area contributed by atoms with Crippen molar-refractivity contribution in [1.29, 1.82) is 0 Å². The molecule has 0 fully saturated rings. The molecule has 0 amide bonds. The van der Waals surface area contributed by atoms with E-state index in [9.17, 15) is 0 Å². The SMILES string of the molecule is [Cu+2].[NH4+].[O]=[Cr](=[O])([O-])[O]O.[O]=[Cr](=[O])([O-])[O]O.[O]=[Cr](=[O])([O-])[O]O. The second-order valence-electron chi connectivity index (χ2n) is 1.45. The van der Waals surface area contributed by atoms with E-state index in [1.807, 2.05) is 0 Å². The summed E-state index contributed by atoms with van der Waals surface area (Å²) in [6, 6.07) is 0. The Morgan fingerprint density at radius 3 is 0.650 bits per heavy atom. The predicted octanol–water partition coefficient (Wildman–Crippen LogP) is -4.09. The normalized spacial score (nSPS) is 10.5. The third-order valence-corrected chi connectivity index (χ3v) is 1.13. The van der Waals surface area contributed by atoms with Gasteiger partial charge in [0.2, 0.25) is 0 Å². The van der Waals surface area contributed by atoms with Crippen molar-refractivity contribution in [3.8, 4) is 0 Å². The molecule has 0 bridgehead atoms. The summed E-state index contributed by atoms with van der Waals surface area (Å²) in [6.45, 7) is 0. The molecule has 1 radical (unpaired) electrons. The van der Waals surface area contributed by atoms with E-state index in [0.717, 1.165) is 0 Å². The molecule has 0 atom stereocenters. The van der Waals surface area contributed by atoms with Crippen molar-refractivity contribution in [1.82, 2.24) is 6.15 Å². The van der Waals surface area contributed by atoms with E-state index >= 15 is 0 Å². The molecule has 0 heterocycles. The van der Waals surface area contributed by atoms with Crippen molar-refractivity contribution in [2.24, 2.45) is 0 Å². The summed E-state index contributed by atoms with van der Waals surface area (Å²) in [7, 11) is 0. The van der Waals surface area contributed by atoms with Crippen LogP contribution in [0.15, 0.2) is 0 Å². The van der Waals surface area contributed by atoms with Crippen LogP contribution in [0, 0.1) is 0 Å². The first-order chi connectivity index (χ1) is 7.68. The van der Waals surface area contributed by atoms with Crippen molar-refractivity contribution in [3.05, 3.63) is 0 Å². The van der Waals surface area contributed by atoms with E-state index in [4.69, 9.17) is 51.1 Å². The molecule has 0 aromatic heterocycles. The Hall–Kier alpha value is 0.517. The van der Waals surface area contributed by atoms with Crippen LogP contribution in [0.25, 0.3) is 0 Å². The molecule has 7 N–H and O–H groups in total. The number of rotatable bonds is 3. The van der Waals surface area contributed by atoms with Crippen molar-refractivity contribution < 1.29 is 121 Å². The Morgan fingerprint density at radius 2 is 0.650 bits per heavy atom. The molecule has 0 aliphatic heterocycles. The third kappa shape index (κ3) is 62.7. The van der Waals surface area contributed by atoms with Crippen LogP contribution in [0.5, 0.6) is 0 Å². The molecule has 0 saturated carbocycles. The molecule has 0 aliphatic rings. The van der Waals surface area contributed by atoms with E-state index in [2.05, 4.69) is 11.8 Å². The van der Waals surface area contributed by atoms with Gasteiger partial charge in [-0.3, -0.25) is 0 Å². The Kier molecular flexibility index (Phi) is 23.5. The fraction of sp³-hybridized carbons (Fsp3) is 0. The van der Waals surface area contributed by atoms with Gasteiger partial charge in [-0.2, -0.15) is 0 Å². The van der Waals surface area contributed by atoms with Crippen LogP contribution in [0.3, 0.4) is 0 Å². The van der Waals surface area contributed by atoms with Crippen molar-refractivity contribution in [2.45, 2.75) is 0 Å². The van der Waals surface area contributed by atoms with Crippen LogP contribution in [-0.2, 0) is 92.5 Å². The summed E-state index contributed by atoms with van der Waals surface area (Å²) in [5, 5.41) is 21.1. The van der Waals surface area contributed by atoms with Crippen LogP contribution in [0.2, 0.25) is 0 Å². The van der Waals surface area contributed by atoms with Gasteiger partial charge in [-0.15, -0.1) is 0 Å². The Balaban J connectivity index is -0.0000000536. The Labute approximate surface area is 126 Å². The summed E-state index contributed by atoms with van der Waals surface area (Å²) < 4.78 is 88.7. The standard InChI is InChI=1S/3Cr.Cu.H3N.3H2O2.9O/c;;;;;3*1-2;;;;;;;;;/h;;;;1H3;3*1-2H;;;;;;;;;/q3*+1;+2;;;;;;;;;;;3*-1/p-2. The molecular formula is H7Cr3CuNO15. The zero-order valence-electron chi connectivity index (χ0n) is 8.77. The first kappa shape index (κ1) is 32.5. The predicted molar refractivity (Wildman–Crippen MR) is 21.2 cm³/mol. The molecule has 131 valence electrons. The van der Waals surface area contributed by atoms with Crippen LogP contribution in [-0.4, -0.2) is 15.8 Å². The van der Waals surface area contributed by atoms with Crippen LogP contribution >= 0.6 is 0 Å². The summed E-state index contributed by atoms with van der Waals surface area (Å²) >= 11 is -16.4. The minimum absolute atomic E-state index is 0. The van der Waals surface area contributed by atoms with Crippen molar-refractivity contribution in [3.63, 3.8) is 0 Å². The van der Waals surface area contributed by atoms with Gasteiger partial charge in [-0.25, -0.2) is 0 Å². The van der Waals surface area contributed by atoms with Crippen LogP contribution < -0.4 is 18.6 Å². The number of hydrogen-bond donors (Lipinski definition) is 4. The van der Waals surface area contributed by atoms with Gasteiger partial charge in [0.1, 0.15) is 0 Å². The Morgan fingerprint density at radius 1 is 0.600 bits per heavy atom. The summed E-state index contributed by atoms with van der Waals surface area (Å²) in [5.41, 5.74) is 0. The molecule has 0 rings (SSSR count). The molecular weight excluding hydrogens is 474 g/mol. The molecule has 0 aromatic carbocycles. The van der Waals surface area contributed by atoms with E-state index in [1.165, 1.54) is 0 Å². The zero-order valence-corrected chi connectivity index (χ0v) is 13.5. The fourth-order valence-electron chi connectivity index (χ4n) is 0. The number of hydrogen-bond acceptors (Lipinski definition) is 15. The first-order valence-electron chi connectivity index (χ1n) is 2.55. The van der Waals surface area contributed by atoms with Gasteiger partial charge in [0.05, 0.1) is 0 Å². The Bertz CT molecular complexity index is 405. The zero-order chi connectivity index (χ0) is 15.6. The van der Waals surface area contributed by atoms with E-state index in [0.29, 0.717) is 0 Å². The van der Waals surface area contributed by atoms with Gasteiger partial charge in [-0.1, -0.05) is 0 Å². The molecule has 0 spiro atoms. The molecule has 0 saturated heterocycles. The van der Waals surface area contributed by atoms with Gasteiger partial charge in [0.25, 0.3) is 0 Å². The van der Waals surface area contributed by atoms with Gasteiger partial charge in [-0.05, 0) is 0 Å². The monoisotopic (exact) mass is 480 g/mol.